The minimum absolute atomic E-state index is 0.0229. The first kappa shape index (κ1) is 15.4. The maximum absolute atomic E-state index is 13.7. The molecule has 2 rings (SSSR count). The summed E-state index contributed by atoms with van der Waals surface area (Å²) < 4.78 is 26.9. The minimum atomic E-state index is -0.832. The van der Waals surface area contributed by atoms with Crippen LogP contribution in [0, 0.1) is 17.6 Å². The van der Waals surface area contributed by atoms with Gasteiger partial charge >= 0.3 is 0 Å². The van der Waals surface area contributed by atoms with Gasteiger partial charge in [-0.15, -0.1) is 0 Å². The van der Waals surface area contributed by atoms with Gasteiger partial charge in [-0.1, -0.05) is 6.92 Å². The van der Waals surface area contributed by atoms with Crippen LogP contribution in [0.4, 0.5) is 14.5 Å². The lowest BCUT2D eigenvalue weighted by atomic mass is 10.1. The van der Waals surface area contributed by atoms with Gasteiger partial charge in [0, 0.05) is 18.7 Å². The van der Waals surface area contributed by atoms with E-state index in [0.29, 0.717) is 6.42 Å². The van der Waals surface area contributed by atoms with Gasteiger partial charge in [0.25, 0.3) is 0 Å². The summed E-state index contributed by atoms with van der Waals surface area (Å²) in [6.45, 7) is 3.98. The monoisotopic (exact) mass is 296 g/mol. The molecule has 1 heterocycles. The van der Waals surface area contributed by atoms with Crippen molar-refractivity contribution in [1.82, 2.24) is 5.32 Å². The van der Waals surface area contributed by atoms with E-state index < -0.39 is 23.5 Å². The van der Waals surface area contributed by atoms with E-state index in [1.54, 1.807) is 0 Å². The number of halogens is 2. The normalized spacial score (nSPS) is 19.7. The van der Waals surface area contributed by atoms with Gasteiger partial charge in [-0.3, -0.25) is 9.59 Å². The molecule has 2 unspecified atom stereocenters. The molecule has 1 aliphatic rings. The summed E-state index contributed by atoms with van der Waals surface area (Å²) in [6, 6.07) is 2.92. The minimum Gasteiger partial charge on any atom is -0.353 e. The Morgan fingerprint density at radius 3 is 2.86 bits per heavy atom. The number of hydrogen-bond donors (Lipinski definition) is 1. The Morgan fingerprint density at radius 1 is 1.48 bits per heavy atom. The quantitative estimate of drug-likeness (QED) is 0.866. The molecular formula is C15H18F2N2O2. The molecule has 0 spiro atoms. The van der Waals surface area contributed by atoms with E-state index in [1.165, 1.54) is 0 Å². The van der Waals surface area contributed by atoms with Gasteiger partial charge < -0.3 is 10.2 Å². The van der Waals surface area contributed by atoms with Gasteiger partial charge in [-0.25, -0.2) is 8.78 Å². The van der Waals surface area contributed by atoms with Crippen molar-refractivity contribution in [2.45, 2.75) is 32.7 Å². The largest absolute Gasteiger partial charge is 0.353 e. The zero-order chi connectivity index (χ0) is 15.6. The Kier molecular flexibility index (Phi) is 4.55. The van der Waals surface area contributed by atoms with Gasteiger partial charge in [0.2, 0.25) is 11.8 Å². The molecule has 1 aromatic carbocycles. The van der Waals surface area contributed by atoms with E-state index in [0.717, 1.165) is 29.5 Å². The zero-order valence-electron chi connectivity index (χ0n) is 12.0. The maximum atomic E-state index is 13.7. The first-order valence-electron chi connectivity index (χ1n) is 7.00. The zero-order valence-corrected chi connectivity index (χ0v) is 12.0. The van der Waals surface area contributed by atoms with Gasteiger partial charge in [0.1, 0.15) is 17.6 Å². The van der Waals surface area contributed by atoms with Crippen LogP contribution in [0.1, 0.15) is 26.7 Å². The summed E-state index contributed by atoms with van der Waals surface area (Å²) in [5.41, 5.74) is -0.112. The van der Waals surface area contributed by atoms with E-state index in [9.17, 15) is 18.4 Å². The molecule has 1 saturated heterocycles. The Labute approximate surface area is 122 Å². The van der Waals surface area contributed by atoms with Crippen molar-refractivity contribution in [1.29, 1.82) is 0 Å². The summed E-state index contributed by atoms with van der Waals surface area (Å²) in [7, 11) is 0. The van der Waals surface area contributed by atoms with Gasteiger partial charge in [0.15, 0.2) is 0 Å². The van der Waals surface area contributed by atoms with Crippen LogP contribution in [-0.4, -0.2) is 24.4 Å². The van der Waals surface area contributed by atoms with Crippen molar-refractivity contribution in [2.75, 3.05) is 11.4 Å². The lowest BCUT2D eigenvalue weighted by Gasteiger charge is -2.18. The topological polar surface area (TPSA) is 49.4 Å². The van der Waals surface area contributed by atoms with Crippen LogP contribution in [0.2, 0.25) is 0 Å². The van der Waals surface area contributed by atoms with Crippen LogP contribution in [0.25, 0.3) is 0 Å². The second kappa shape index (κ2) is 6.20. The van der Waals surface area contributed by atoms with Gasteiger partial charge in [-0.2, -0.15) is 0 Å². The molecule has 0 saturated carbocycles. The summed E-state index contributed by atoms with van der Waals surface area (Å²) in [5.74, 6) is -2.96. The van der Waals surface area contributed by atoms with Crippen LogP contribution in [0.3, 0.4) is 0 Å². The maximum Gasteiger partial charge on any atom is 0.239 e. The average Bonchev–Trinajstić information content (AvgIpc) is 2.83. The standard InChI is InChI=1S/C15H18F2N2O2/c1-3-9(2)18-14(20)11-6-7-19(15(11)21)13-8-10(16)4-5-12(13)17/h4-5,8-9,11H,3,6-7H2,1-2H3,(H,18,20). The molecule has 0 aliphatic carbocycles. The smallest absolute Gasteiger partial charge is 0.239 e. The van der Waals surface area contributed by atoms with E-state index in [2.05, 4.69) is 5.32 Å². The third-order valence-corrected chi connectivity index (χ3v) is 3.72. The van der Waals surface area contributed by atoms with E-state index in [1.807, 2.05) is 13.8 Å². The van der Waals surface area contributed by atoms with E-state index >= 15 is 0 Å². The molecule has 0 aromatic heterocycles. The molecule has 114 valence electrons. The molecule has 21 heavy (non-hydrogen) atoms. The number of nitrogens with zero attached hydrogens (tertiary/aromatic N) is 1. The number of nitrogens with one attached hydrogen (secondary N) is 1. The van der Waals surface area contributed by atoms with Crippen molar-refractivity contribution in [3.63, 3.8) is 0 Å². The molecule has 6 heteroatoms. The predicted octanol–water partition coefficient (Wildman–Crippen LogP) is 2.23. The fraction of sp³-hybridized carbons (Fsp3) is 0.467. The van der Waals surface area contributed by atoms with Crippen molar-refractivity contribution in [3.05, 3.63) is 29.8 Å². The van der Waals surface area contributed by atoms with Crippen molar-refractivity contribution < 1.29 is 18.4 Å². The van der Waals surface area contributed by atoms with Gasteiger partial charge in [-0.05, 0) is 31.9 Å². The third-order valence-electron chi connectivity index (χ3n) is 3.72. The predicted molar refractivity (Wildman–Crippen MR) is 74.7 cm³/mol. The molecule has 2 amide bonds. The number of carbonyl (C=O) groups is 2. The SMILES string of the molecule is CCC(C)NC(=O)C1CCN(c2cc(F)ccc2F)C1=O. The lowest BCUT2D eigenvalue weighted by Crippen LogP contribution is -2.40. The number of hydrogen-bond acceptors (Lipinski definition) is 2. The number of amides is 2. The summed E-state index contributed by atoms with van der Waals surface area (Å²) in [5, 5.41) is 2.75. The third kappa shape index (κ3) is 3.20. The fourth-order valence-electron chi connectivity index (χ4n) is 2.30. The van der Waals surface area contributed by atoms with Crippen LogP contribution in [0.15, 0.2) is 18.2 Å². The highest BCUT2D eigenvalue weighted by Crippen LogP contribution is 2.28. The van der Waals surface area contributed by atoms with Crippen LogP contribution < -0.4 is 10.2 Å². The van der Waals surface area contributed by atoms with Gasteiger partial charge in [0.05, 0.1) is 5.69 Å². The van der Waals surface area contributed by atoms with E-state index in [-0.39, 0.29) is 24.2 Å². The second-order valence-corrected chi connectivity index (χ2v) is 5.24. The first-order valence-corrected chi connectivity index (χ1v) is 7.00. The highest BCUT2D eigenvalue weighted by molar-refractivity contribution is 6.09. The summed E-state index contributed by atoms with van der Waals surface area (Å²) in [4.78, 5) is 25.4. The average molecular weight is 296 g/mol. The molecule has 1 N–H and O–H groups in total. The van der Waals surface area contributed by atoms with Crippen LogP contribution in [-0.2, 0) is 9.59 Å². The van der Waals surface area contributed by atoms with Crippen molar-refractivity contribution in [2.24, 2.45) is 5.92 Å². The highest BCUT2D eigenvalue weighted by atomic mass is 19.1. The molecule has 4 nitrogen and oxygen atoms in total. The molecule has 1 aromatic rings. The molecule has 1 fully saturated rings. The Hall–Kier alpha value is -1.98. The molecular weight excluding hydrogens is 278 g/mol. The summed E-state index contributed by atoms with van der Waals surface area (Å²) >= 11 is 0. The molecule has 2 atom stereocenters. The number of rotatable bonds is 4. The molecule has 0 bridgehead atoms. The van der Waals surface area contributed by atoms with Crippen LogP contribution >= 0.6 is 0 Å². The Balaban J connectivity index is 2.14. The number of carbonyl (C=O) groups excluding carboxylic acids is 2. The van der Waals surface area contributed by atoms with E-state index in [4.69, 9.17) is 0 Å². The number of benzene rings is 1. The molecule has 1 aliphatic heterocycles. The highest BCUT2D eigenvalue weighted by Gasteiger charge is 2.38. The van der Waals surface area contributed by atoms with Crippen LogP contribution in [0.5, 0.6) is 0 Å². The lowest BCUT2D eigenvalue weighted by molar-refractivity contribution is -0.132. The Bertz CT molecular complexity index is 563. The van der Waals surface area contributed by atoms with Crippen molar-refractivity contribution in [3.8, 4) is 0 Å². The molecule has 0 radical (unpaired) electrons. The summed E-state index contributed by atoms with van der Waals surface area (Å²) in [6.07, 6.45) is 1.06. The second-order valence-electron chi connectivity index (χ2n) is 5.24. The Morgan fingerprint density at radius 2 is 2.19 bits per heavy atom. The van der Waals surface area contributed by atoms with Crippen molar-refractivity contribution >= 4 is 17.5 Å². The fourth-order valence-corrected chi connectivity index (χ4v) is 2.30. The first-order chi connectivity index (χ1) is 9.93. The number of anilines is 1.